The molecule has 0 radical (unpaired) electrons. The van der Waals surface area contributed by atoms with Gasteiger partial charge < -0.3 is 9.64 Å². The van der Waals surface area contributed by atoms with Crippen LogP contribution in [0.1, 0.15) is 36.6 Å². The van der Waals surface area contributed by atoms with E-state index in [1.54, 1.807) is 48.4 Å². The predicted octanol–water partition coefficient (Wildman–Crippen LogP) is 5.86. The highest BCUT2D eigenvalue weighted by atomic mass is 79.9. The summed E-state index contributed by atoms with van der Waals surface area (Å²) >= 11 is 3.51. The van der Waals surface area contributed by atoms with Crippen molar-refractivity contribution in [3.05, 3.63) is 106 Å². The first-order chi connectivity index (χ1) is 17.4. The van der Waals surface area contributed by atoms with E-state index in [1.165, 1.54) is 4.90 Å². The molecule has 1 heterocycles. The van der Waals surface area contributed by atoms with Gasteiger partial charge in [-0.3, -0.25) is 19.3 Å². The van der Waals surface area contributed by atoms with Crippen LogP contribution < -0.4 is 9.64 Å². The number of nitrogens with zero attached hydrogens (tertiary/aromatic N) is 2. The zero-order valence-electron chi connectivity index (χ0n) is 19.8. The fourth-order valence-electron chi connectivity index (χ4n) is 4.57. The van der Waals surface area contributed by atoms with Gasteiger partial charge in [0.15, 0.2) is 0 Å². The average Bonchev–Trinajstić information content (AvgIpc) is 2.89. The second kappa shape index (κ2) is 9.59. The Morgan fingerprint density at radius 3 is 2.39 bits per heavy atom. The SMILES string of the molecule is COc1cccc(C(=O)N(CCN2C(=O)c3cccc4c(Br)ccc(c34)C2=O)c2cccc(C)c2)c1. The van der Waals surface area contributed by atoms with Crippen molar-refractivity contribution in [3.63, 3.8) is 0 Å². The summed E-state index contributed by atoms with van der Waals surface area (Å²) in [7, 11) is 1.55. The third kappa shape index (κ3) is 4.16. The molecule has 0 unspecified atom stereocenters. The summed E-state index contributed by atoms with van der Waals surface area (Å²) in [4.78, 5) is 43.3. The van der Waals surface area contributed by atoms with Crippen LogP contribution >= 0.6 is 15.9 Å². The lowest BCUT2D eigenvalue weighted by Gasteiger charge is -2.30. The Balaban J connectivity index is 1.49. The van der Waals surface area contributed by atoms with Gasteiger partial charge in [0.1, 0.15) is 5.75 Å². The number of rotatable bonds is 6. The maximum atomic E-state index is 13.6. The van der Waals surface area contributed by atoms with Gasteiger partial charge in [0.25, 0.3) is 17.7 Å². The minimum Gasteiger partial charge on any atom is -0.497 e. The van der Waals surface area contributed by atoms with Crippen molar-refractivity contribution in [2.24, 2.45) is 0 Å². The van der Waals surface area contributed by atoms with Gasteiger partial charge in [-0.05, 0) is 66.4 Å². The summed E-state index contributed by atoms with van der Waals surface area (Å²) < 4.78 is 6.12. The number of benzene rings is 4. The van der Waals surface area contributed by atoms with Gasteiger partial charge in [-0.2, -0.15) is 0 Å². The lowest BCUT2D eigenvalue weighted by Crippen LogP contribution is -2.46. The molecule has 0 saturated carbocycles. The number of halogens is 1. The molecule has 7 heteroatoms. The van der Waals surface area contributed by atoms with Crippen molar-refractivity contribution in [1.29, 1.82) is 0 Å². The first kappa shape index (κ1) is 23.8. The molecule has 0 aromatic heterocycles. The van der Waals surface area contributed by atoms with E-state index in [2.05, 4.69) is 15.9 Å². The molecule has 0 aliphatic carbocycles. The van der Waals surface area contributed by atoms with Crippen LogP contribution in [0, 0.1) is 6.92 Å². The van der Waals surface area contributed by atoms with Crippen LogP contribution in [-0.2, 0) is 0 Å². The summed E-state index contributed by atoms with van der Waals surface area (Å²) in [5.41, 5.74) is 3.08. The van der Waals surface area contributed by atoms with Gasteiger partial charge >= 0.3 is 0 Å². The molecule has 4 aromatic rings. The topological polar surface area (TPSA) is 66.9 Å². The Labute approximate surface area is 217 Å². The third-order valence-corrected chi connectivity index (χ3v) is 7.05. The van der Waals surface area contributed by atoms with E-state index in [-0.39, 0.29) is 30.8 Å². The summed E-state index contributed by atoms with van der Waals surface area (Å²) in [6, 6.07) is 23.5. The Bertz CT molecular complexity index is 1510. The van der Waals surface area contributed by atoms with E-state index in [1.807, 2.05) is 49.4 Å². The average molecular weight is 543 g/mol. The quantitative estimate of drug-likeness (QED) is 0.286. The molecular weight excluding hydrogens is 520 g/mol. The number of hydrogen-bond acceptors (Lipinski definition) is 4. The zero-order chi connectivity index (χ0) is 25.4. The second-order valence-electron chi connectivity index (χ2n) is 8.61. The molecule has 0 spiro atoms. The molecule has 6 nitrogen and oxygen atoms in total. The van der Waals surface area contributed by atoms with E-state index in [0.717, 1.165) is 15.4 Å². The monoisotopic (exact) mass is 542 g/mol. The van der Waals surface area contributed by atoms with E-state index < -0.39 is 0 Å². The van der Waals surface area contributed by atoms with Crippen molar-refractivity contribution >= 4 is 50.1 Å². The van der Waals surface area contributed by atoms with Crippen LogP contribution in [0.15, 0.2) is 83.3 Å². The molecule has 1 aliphatic rings. The molecule has 0 N–H and O–H groups in total. The van der Waals surface area contributed by atoms with Crippen LogP contribution in [0.25, 0.3) is 10.8 Å². The Kier molecular flexibility index (Phi) is 6.33. The Morgan fingerprint density at radius 1 is 0.917 bits per heavy atom. The minimum absolute atomic E-state index is 0.0488. The molecule has 0 bridgehead atoms. The number of hydrogen-bond donors (Lipinski definition) is 0. The molecule has 4 aromatic carbocycles. The fourth-order valence-corrected chi connectivity index (χ4v) is 5.03. The number of carbonyl (C=O) groups excluding carboxylic acids is 3. The minimum atomic E-state index is -0.366. The summed E-state index contributed by atoms with van der Waals surface area (Å²) in [5.74, 6) is -0.409. The number of ether oxygens (including phenoxy) is 1. The van der Waals surface area contributed by atoms with Gasteiger partial charge in [0.05, 0.1) is 7.11 Å². The fraction of sp³-hybridized carbons (Fsp3) is 0.138. The van der Waals surface area contributed by atoms with E-state index in [4.69, 9.17) is 4.74 Å². The normalized spacial score (nSPS) is 12.7. The number of amides is 3. The zero-order valence-corrected chi connectivity index (χ0v) is 21.4. The van der Waals surface area contributed by atoms with Gasteiger partial charge in [-0.15, -0.1) is 0 Å². The smallest absolute Gasteiger partial charge is 0.261 e. The van der Waals surface area contributed by atoms with Gasteiger partial charge in [-0.25, -0.2) is 0 Å². The number of aryl methyl sites for hydroxylation is 1. The highest BCUT2D eigenvalue weighted by Gasteiger charge is 2.33. The third-order valence-electron chi connectivity index (χ3n) is 6.36. The van der Waals surface area contributed by atoms with Crippen molar-refractivity contribution in [3.8, 4) is 5.75 Å². The number of methoxy groups -OCH3 is 1. The van der Waals surface area contributed by atoms with Crippen LogP contribution in [-0.4, -0.2) is 42.8 Å². The van der Waals surface area contributed by atoms with Crippen LogP contribution in [0.2, 0.25) is 0 Å². The lowest BCUT2D eigenvalue weighted by atomic mass is 9.94. The maximum Gasteiger partial charge on any atom is 0.261 e. The Hall–Kier alpha value is -3.97. The van der Waals surface area contributed by atoms with Crippen LogP contribution in [0.4, 0.5) is 5.69 Å². The van der Waals surface area contributed by atoms with E-state index in [9.17, 15) is 14.4 Å². The molecule has 180 valence electrons. The summed E-state index contributed by atoms with van der Waals surface area (Å²) in [6.45, 7) is 2.14. The second-order valence-corrected chi connectivity index (χ2v) is 9.47. The van der Waals surface area contributed by atoms with E-state index in [0.29, 0.717) is 33.5 Å². The largest absolute Gasteiger partial charge is 0.497 e. The van der Waals surface area contributed by atoms with E-state index >= 15 is 0 Å². The first-order valence-electron chi connectivity index (χ1n) is 11.5. The lowest BCUT2D eigenvalue weighted by molar-refractivity contribution is 0.0611. The molecule has 5 rings (SSSR count). The summed E-state index contributed by atoms with van der Waals surface area (Å²) in [6.07, 6.45) is 0. The molecule has 3 amide bonds. The Morgan fingerprint density at radius 2 is 1.64 bits per heavy atom. The first-order valence-corrected chi connectivity index (χ1v) is 12.3. The molecule has 0 saturated heterocycles. The number of carbonyl (C=O) groups is 3. The molecule has 1 aliphatic heterocycles. The predicted molar refractivity (Wildman–Crippen MR) is 143 cm³/mol. The van der Waals surface area contributed by atoms with Crippen molar-refractivity contribution < 1.29 is 19.1 Å². The standard InChI is InChI=1S/C29H23BrN2O4/c1-18-6-3-8-20(16-18)31(27(33)19-7-4-9-21(17-19)36-2)14-15-32-28(34)23-11-5-10-22-25(30)13-12-24(26(22)23)29(32)35/h3-13,16-17H,14-15H2,1-2H3. The summed E-state index contributed by atoms with van der Waals surface area (Å²) in [5, 5.41) is 1.47. The molecular formula is C29H23BrN2O4. The van der Waals surface area contributed by atoms with Crippen molar-refractivity contribution in [2.75, 3.05) is 25.1 Å². The highest BCUT2D eigenvalue weighted by Crippen LogP contribution is 2.34. The highest BCUT2D eigenvalue weighted by molar-refractivity contribution is 9.10. The van der Waals surface area contributed by atoms with Crippen molar-refractivity contribution in [2.45, 2.75) is 6.92 Å². The van der Waals surface area contributed by atoms with Crippen LogP contribution in [0.3, 0.4) is 0 Å². The molecule has 0 fully saturated rings. The van der Waals surface area contributed by atoms with Crippen molar-refractivity contribution in [1.82, 2.24) is 4.90 Å². The maximum absolute atomic E-state index is 13.6. The molecule has 36 heavy (non-hydrogen) atoms. The van der Waals surface area contributed by atoms with Gasteiger partial charge in [0, 0.05) is 45.3 Å². The van der Waals surface area contributed by atoms with Gasteiger partial charge in [-0.1, -0.05) is 46.3 Å². The number of imide groups is 1. The van der Waals surface area contributed by atoms with Crippen LogP contribution in [0.5, 0.6) is 5.75 Å². The number of anilines is 1. The molecule has 0 atom stereocenters. The van der Waals surface area contributed by atoms with Gasteiger partial charge in [0.2, 0.25) is 0 Å².